The van der Waals surface area contributed by atoms with Gasteiger partial charge in [-0.15, -0.1) is 0 Å². The van der Waals surface area contributed by atoms with E-state index in [2.05, 4.69) is 36.5 Å². The second-order valence-corrected chi connectivity index (χ2v) is 5.91. The highest BCUT2D eigenvalue weighted by molar-refractivity contribution is 5.90. The summed E-state index contributed by atoms with van der Waals surface area (Å²) in [6, 6.07) is 15.9. The highest BCUT2D eigenvalue weighted by atomic mass is 16.5. The van der Waals surface area contributed by atoms with Gasteiger partial charge in [-0.3, -0.25) is 4.79 Å². The lowest BCUT2D eigenvalue weighted by atomic mass is 10.1. The second-order valence-electron chi connectivity index (χ2n) is 5.91. The topological polar surface area (TPSA) is 38.3 Å². The smallest absolute Gasteiger partial charge is 0.224 e. The number of hydrogen-bond donors (Lipinski definition) is 1. The number of anilines is 1. The molecule has 1 amide bonds. The van der Waals surface area contributed by atoms with Crippen molar-refractivity contribution in [1.82, 2.24) is 0 Å². The Balaban J connectivity index is 1.81. The molecule has 0 radical (unpaired) electrons. The fourth-order valence-electron chi connectivity index (χ4n) is 2.31. The third kappa shape index (κ3) is 5.78. The summed E-state index contributed by atoms with van der Waals surface area (Å²) < 4.78 is 5.59. The van der Waals surface area contributed by atoms with Crippen molar-refractivity contribution in [3.8, 4) is 5.75 Å². The Labute approximate surface area is 138 Å². The molecule has 0 saturated carbocycles. The molecule has 0 heterocycles. The molecule has 0 saturated heterocycles. The Hall–Kier alpha value is -2.29. The number of carbonyl (C=O) groups is 1. The van der Waals surface area contributed by atoms with Crippen LogP contribution in [0.3, 0.4) is 0 Å². The molecule has 0 bridgehead atoms. The minimum Gasteiger partial charge on any atom is -0.491 e. The molecule has 0 atom stereocenters. The summed E-state index contributed by atoms with van der Waals surface area (Å²) in [7, 11) is 0. The van der Waals surface area contributed by atoms with Gasteiger partial charge in [-0.05, 0) is 62.1 Å². The molecular weight excluding hydrogens is 286 g/mol. The van der Waals surface area contributed by atoms with E-state index in [9.17, 15) is 4.79 Å². The Morgan fingerprint density at radius 1 is 1.00 bits per heavy atom. The van der Waals surface area contributed by atoms with Crippen LogP contribution in [-0.4, -0.2) is 12.0 Å². The largest absolute Gasteiger partial charge is 0.491 e. The molecule has 0 spiro atoms. The first kappa shape index (κ1) is 17.1. The molecule has 3 heteroatoms. The van der Waals surface area contributed by atoms with E-state index in [1.54, 1.807) is 0 Å². The standard InChI is InChI=1S/C20H25NO2/c1-4-16-5-7-17(8-6-16)9-14-20(22)21-18-10-12-19(13-11-18)23-15(2)3/h5-8,10-13,15H,4,9,14H2,1-3H3,(H,21,22). The van der Waals surface area contributed by atoms with E-state index >= 15 is 0 Å². The van der Waals surface area contributed by atoms with Crippen molar-refractivity contribution in [2.75, 3.05) is 5.32 Å². The number of rotatable bonds is 7. The number of ether oxygens (including phenoxy) is 1. The van der Waals surface area contributed by atoms with Crippen LogP contribution in [0.25, 0.3) is 0 Å². The molecule has 23 heavy (non-hydrogen) atoms. The number of carbonyl (C=O) groups excluding carboxylic acids is 1. The van der Waals surface area contributed by atoms with Crippen LogP contribution in [0.4, 0.5) is 5.69 Å². The van der Waals surface area contributed by atoms with Crippen molar-refractivity contribution in [2.45, 2.75) is 46.1 Å². The van der Waals surface area contributed by atoms with Gasteiger partial charge in [0.15, 0.2) is 0 Å². The summed E-state index contributed by atoms with van der Waals surface area (Å²) in [6.07, 6.45) is 2.42. The van der Waals surface area contributed by atoms with Crippen LogP contribution in [0.2, 0.25) is 0 Å². The van der Waals surface area contributed by atoms with Gasteiger partial charge in [0, 0.05) is 12.1 Å². The van der Waals surface area contributed by atoms with Gasteiger partial charge >= 0.3 is 0 Å². The van der Waals surface area contributed by atoms with Gasteiger partial charge in [-0.1, -0.05) is 31.2 Å². The SMILES string of the molecule is CCc1ccc(CCC(=O)Nc2ccc(OC(C)C)cc2)cc1. The predicted octanol–water partition coefficient (Wildman–Crippen LogP) is 4.61. The van der Waals surface area contributed by atoms with Crippen LogP contribution in [0.15, 0.2) is 48.5 Å². The maximum atomic E-state index is 12.0. The lowest BCUT2D eigenvalue weighted by molar-refractivity contribution is -0.116. The molecule has 0 aliphatic heterocycles. The van der Waals surface area contributed by atoms with Crippen LogP contribution in [0.5, 0.6) is 5.75 Å². The molecular formula is C20H25NO2. The maximum Gasteiger partial charge on any atom is 0.224 e. The fraction of sp³-hybridized carbons (Fsp3) is 0.350. The Morgan fingerprint density at radius 2 is 1.61 bits per heavy atom. The summed E-state index contributed by atoms with van der Waals surface area (Å²) in [5.41, 5.74) is 3.31. The summed E-state index contributed by atoms with van der Waals surface area (Å²) in [4.78, 5) is 12.0. The van der Waals surface area contributed by atoms with Crippen molar-refractivity contribution in [3.05, 3.63) is 59.7 Å². The summed E-state index contributed by atoms with van der Waals surface area (Å²) >= 11 is 0. The molecule has 0 aromatic heterocycles. The van der Waals surface area contributed by atoms with Gasteiger partial charge in [0.2, 0.25) is 5.91 Å². The number of aryl methyl sites for hydroxylation is 2. The van der Waals surface area contributed by atoms with Gasteiger partial charge in [-0.25, -0.2) is 0 Å². The number of nitrogens with one attached hydrogen (secondary N) is 1. The molecule has 2 rings (SSSR count). The van der Waals surface area contributed by atoms with E-state index in [1.807, 2.05) is 38.1 Å². The summed E-state index contributed by atoms with van der Waals surface area (Å²) in [6.45, 7) is 6.12. The molecule has 3 nitrogen and oxygen atoms in total. The third-order valence-electron chi connectivity index (χ3n) is 3.58. The van der Waals surface area contributed by atoms with Crippen molar-refractivity contribution in [3.63, 3.8) is 0 Å². The van der Waals surface area contributed by atoms with Crippen LogP contribution in [0, 0.1) is 0 Å². The zero-order chi connectivity index (χ0) is 16.7. The Bertz CT molecular complexity index is 615. The lowest BCUT2D eigenvalue weighted by Gasteiger charge is -2.10. The quantitative estimate of drug-likeness (QED) is 0.811. The number of hydrogen-bond acceptors (Lipinski definition) is 2. The van der Waals surface area contributed by atoms with Gasteiger partial charge in [0.1, 0.15) is 5.75 Å². The van der Waals surface area contributed by atoms with Gasteiger partial charge in [0.25, 0.3) is 0 Å². The van der Waals surface area contributed by atoms with Crippen LogP contribution in [0.1, 0.15) is 38.3 Å². The first-order valence-electron chi connectivity index (χ1n) is 8.21. The van der Waals surface area contributed by atoms with E-state index < -0.39 is 0 Å². The van der Waals surface area contributed by atoms with Crippen molar-refractivity contribution in [1.29, 1.82) is 0 Å². The fourth-order valence-corrected chi connectivity index (χ4v) is 2.31. The highest BCUT2D eigenvalue weighted by Crippen LogP contribution is 2.17. The lowest BCUT2D eigenvalue weighted by Crippen LogP contribution is -2.12. The predicted molar refractivity (Wildman–Crippen MR) is 95.0 cm³/mol. The molecule has 0 aliphatic rings. The van der Waals surface area contributed by atoms with Crippen molar-refractivity contribution in [2.24, 2.45) is 0 Å². The Kier molecular flexibility index (Phi) is 6.21. The normalized spacial score (nSPS) is 10.6. The van der Waals surface area contributed by atoms with E-state index in [1.165, 1.54) is 11.1 Å². The number of amides is 1. The molecule has 0 unspecified atom stereocenters. The molecule has 122 valence electrons. The molecule has 2 aromatic carbocycles. The first-order valence-corrected chi connectivity index (χ1v) is 8.21. The third-order valence-corrected chi connectivity index (χ3v) is 3.58. The number of benzene rings is 2. The Morgan fingerprint density at radius 3 is 2.17 bits per heavy atom. The van der Waals surface area contributed by atoms with Gasteiger partial charge in [-0.2, -0.15) is 0 Å². The van der Waals surface area contributed by atoms with Crippen molar-refractivity contribution < 1.29 is 9.53 Å². The zero-order valence-corrected chi connectivity index (χ0v) is 14.1. The molecule has 1 N–H and O–H groups in total. The highest BCUT2D eigenvalue weighted by Gasteiger charge is 2.04. The van der Waals surface area contributed by atoms with E-state index in [-0.39, 0.29) is 12.0 Å². The average molecular weight is 311 g/mol. The summed E-state index contributed by atoms with van der Waals surface area (Å²) in [5.74, 6) is 0.844. The van der Waals surface area contributed by atoms with E-state index in [4.69, 9.17) is 4.74 Å². The first-order chi connectivity index (χ1) is 11.1. The average Bonchev–Trinajstić information content (AvgIpc) is 2.55. The van der Waals surface area contributed by atoms with E-state index in [0.717, 1.165) is 24.3 Å². The van der Waals surface area contributed by atoms with Crippen molar-refractivity contribution >= 4 is 11.6 Å². The van der Waals surface area contributed by atoms with Crippen LogP contribution in [-0.2, 0) is 17.6 Å². The summed E-state index contributed by atoms with van der Waals surface area (Å²) in [5, 5.41) is 2.92. The molecule has 2 aromatic rings. The second kappa shape index (κ2) is 8.37. The minimum atomic E-state index is 0.0297. The van der Waals surface area contributed by atoms with E-state index in [0.29, 0.717) is 6.42 Å². The molecule has 0 aliphatic carbocycles. The minimum absolute atomic E-state index is 0.0297. The van der Waals surface area contributed by atoms with Gasteiger partial charge in [0.05, 0.1) is 6.10 Å². The van der Waals surface area contributed by atoms with Crippen LogP contribution >= 0.6 is 0 Å². The monoisotopic (exact) mass is 311 g/mol. The maximum absolute atomic E-state index is 12.0. The molecule has 0 fully saturated rings. The van der Waals surface area contributed by atoms with Gasteiger partial charge < -0.3 is 10.1 Å². The van der Waals surface area contributed by atoms with Crippen LogP contribution < -0.4 is 10.1 Å². The zero-order valence-electron chi connectivity index (χ0n) is 14.1.